The van der Waals surface area contributed by atoms with Crippen molar-refractivity contribution in [2.45, 2.75) is 19.9 Å². The van der Waals surface area contributed by atoms with E-state index in [0.717, 1.165) is 5.56 Å². The van der Waals surface area contributed by atoms with Crippen LogP contribution in [0.3, 0.4) is 0 Å². The average Bonchev–Trinajstić information content (AvgIpc) is 2.34. The summed E-state index contributed by atoms with van der Waals surface area (Å²) in [6, 6.07) is 6.68. The molecule has 0 amide bonds. The molecule has 3 N–H and O–H groups in total. The monoisotopic (exact) mass is 251 g/mol. The van der Waals surface area contributed by atoms with Crippen molar-refractivity contribution in [3.05, 3.63) is 35.4 Å². The van der Waals surface area contributed by atoms with Gasteiger partial charge in [-0.25, -0.2) is 4.79 Å². The van der Waals surface area contributed by atoms with E-state index >= 15 is 0 Å². The molecule has 0 unspecified atom stereocenters. The molecule has 0 spiro atoms. The van der Waals surface area contributed by atoms with Crippen molar-refractivity contribution in [2.24, 2.45) is 5.92 Å². The summed E-state index contributed by atoms with van der Waals surface area (Å²) in [6.45, 7) is 2.79. The molecule has 1 atom stereocenters. The molecule has 1 aromatic carbocycles. The minimum atomic E-state index is -0.948. The van der Waals surface area contributed by atoms with Gasteiger partial charge in [-0.2, -0.15) is 0 Å². The molecule has 1 aromatic rings. The molecule has 5 nitrogen and oxygen atoms in total. The summed E-state index contributed by atoms with van der Waals surface area (Å²) in [4.78, 5) is 21.4. The van der Waals surface area contributed by atoms with E-state index in [0.29, 0.717) is 19.5 Å². The van der Waals surface area contributed by atoms with Crippen LogP contribution in [0.2, 0.25) is 0 Å². The maximum atomic E-state index is 10.8. The lowest BCUT2D eigenvalue weighted by Gasteiger charge is -2.08. The third-order valence-corrected chi connectivity index (χ3v) is 2.68. The Hall–Kier alpha value is -1.88. The van der Waals surface area contributed by atoms with Crippen LogP contribution in [0.15, 0.2) is 24.3 Å². The number of carbonyl (C=O) groups is 2. The SMILES string of the molecule is C[C@H](CCNCc1cccc(C(=O)O)c1)C(=O)O. The molecule has 1 rings (SSSR count). The second-order valence-electron chi connectivity index (χ2n) is 4.21. The van der Waals surface area contributed by atoms with Gasteiger partial charge < -0.3 is 15.5 Å². The summed E-state index contributed by atoms with van der Waals surface area (Å²) in [7, 11) is 0. The molecular formula is C13H17NO4. The highest BCUT2D eigenvalue weighted by molar-refractivity contribution is 5.87. The number of carboxylic acid groups (broad SMARTS) is 2. The highest BCUT2D eigenvalue weighted by atomic mass is 16.4. The number of hydrogen-bond donors (Lipinski definition) is 3. The van der Waals surface area contributed by atoms with E-state index in [1.807, 2.05) is 6.07 Å². The third-order valence-electron chi connectivity index (χ3n) is 2.68. The van der Waals surface area contributed by atoms with Gasteiger partial charge >= 0.3 is 11.9 Å². The van der Waals surface area contributed by atoms with Crippen molar-refractivity contribution < 1.29 is 19.8 Å². The summed E-state index contributed by atoms with van der Waals surface area (Å²) in [5.41, 5.74) is 1.13. The van der Waals surface area contributed by atoms with Crippen LogP contribution in [-0.4, -0.2) is 28.7 Å². The summed E-state index contributed by atoms with van der Waals surface area (Å²) in [6.07, 6.45) is 0.550. The van der Waals surface area contributed by atoms with Crippen molar-refractivity contribution in [3.63, 3.8) is 0 Å². The number of benzene rings is 1. The van der Waals surface area contributed by atoms with E-state index in [4.69, 9.17) is 10.2 Å². The first-order chi connectivity index (χ1) is 8.50. The molecule has 0 fully saturated rings. The van der Waals surface area contributed by atoms with E-state index < -0.39 is 11.9 Å². The Bertz CT molecular complexity index is 431. The Kier molecular flexibility index (Phi) is 5.32. The van der Waals surface area contributed by atoms with Crippen LogP contribution < -0.4 is 5.32 Å². The first-order valence-electron chi connectivity index (χ1n) is 5.76. The molecule has 0 aromatic heterocycles. The van der Waals surface area contributed by atoms with Crippen LogP contribution in [0.1, 0.15) is 29.3 Å². The molecule has 0 aliphatic rings. The van der Waals surface area contributed by atoms with Crippen LogP contribution in [-0.2, 0) is 11.3 Å². The van der Waals surface area contributed by atoms with Gasteiger partial charge in [0.25, 0.3) is 0 Å². The molecule has 0 saturated heterocycles. The second kappa shape index (κ2) is 6.76. The zero-order chi connectivity index (χ0) is 13.5. The van der Waals surface area contributed by atoms with Gasteiger partial charge in [0.2, 0.25) is 0 Å². The van der Waals surface area contributed by atoms with Gasteiger partial charge in [-0.05, 0) is 30.7 Å². The second-order valence-corrected chi connectivity index (χ2v) is 4.21. The summed E-state index contributed by atoms with van der Waals surface area (Å²) in [5.74, 6) is -2.12. The largest absolute Gasteiger partial charge is 0.481 e. The molecule has 5 heteroatoms. The van der Waals surface area contributed by atoms with E-state index in [-0.39, 0.29) is 11.5 Å². The van der Waals surface area contributed by atoms with Crippen molar-refractivity contribution >= 4 is 11.9 Å². The molecule has 0 heterocycles. The fourth-order valence-corrected chi connectivity index (χ4v) is 1.49. The minimum Gasteiger partial charge on any atom is -0.481 e. The summed E-state index contributed by atoms with van der Waals surface area (Å²) >= 11 is 0. The van der Waals surface area contributed by atoms with Gasteiger partial charge in [0.05, 0.1) is 11.5 Å². The maximum absolute atomic E-state index is 10.8. The minimum absolute atomic E-state index is 0.258. The maximum Gasteiger partial charge on any atom is 0.335 e. The summed E-state index contributed by atoms with van der Waals surface area (Å²) in [5, 5.41) is 20.6. The zero-order valence-corrected chi connectivity index (χ0v) is 10.2. The van der Waals surface area contributed by atoms with Crippen LogP contribution in [0.4, 0.5) is 0 Å². The quantitative estimate of drug-likeness (QED) is 0.640. The van der Waals surface area contributed by atoms with Gasteiger partial charge in [0, 0.05) is 6.54 Å². The highest BCUT2D eigenvalue weighted by Gasteiger charge is 2.09. The molecule has 0 bridgehead atoms. The van der Waals surface area contributed by atoms with Gasteiger partial charge in [0.1, 0.15) is 0 Å². The average molecular weight is 251 g/mol. The molecular weight excluding hydrogens is 234 g/mol. The van der Waals surface area contributed by atoms with E-state index in [1.54, 1.807) is 25.1 Å². The van der Waals surface area contributed by atoms with E-state index in [2.05, 4.69) is 5.32 Å². The molecule has 0 aliphatic carbocycles. The molecule has 0 radical (unpaired) electrons. The Morgan fingerprint density at radius 1 is 1.33 bits per heavy atom. The normalized spacial score (nSPS) is 12.1. The Morgan fingerprint density at radius 2 is 2.06 bits per heavy atom. The van der Waals surface area contributed by atoms with Crippen molar-refractivity contribution in [1.82, 2.24) is 5.32 Å². The van der Waals surface area contributed by atoms with Crippen molar-refractivity contribution in [2.75, 3.05) is 6.54 Å². The summed E-state index contributed by atoms with van der Waals surface area (Å²) < 4.78 is 0. The number of carboxylic acids is 2. The number of nitrogens with one attached hydrogen (secondary N) is 1. The Labute approximate surface area is 105 Å². The predicted octanol–water partition coefficient (Wildman–Crippen LogP) is 1.59. The Balaban J connectivity index is 2.38. The lowest BCUT2D eigenvalue weighted by molar-refractivity contribution is -0.141. The molecule has 0 saturated carbocycles. The Morgan fingerprint density at radius 3 is 2.67 bits per heavy atom. The molecule has 0 aliphatic heterocycles. The molecule has 98 valence electrons. The van der Waals surface area contributed by atoms with Crippen molar-refractivity contribution in [1.29, 1.82) is 0 Å². The van der Waals surface area contributed by atoms with Gasteiger partial charge in [-0.3, -0.25) is 4.79 Å². The van der Waals surface area contributed by atoms with Gasteiger partial charge in [0.15, 0.2) is 0 Å². The number of rotatable bonds is 7. The lowest BCUT2D eigenvalue weighted by Crippen LogP contribution is -2.20. The van der Waals surface area contributed by atoms with Crippen LogP contribution in [0.25, 0.3) is 0 Å². The van der Waals surface area contributed by atoms with Crippen LogP contribution in [0, 0.1) is 5.92 Å². The molecule has 18 heavy (non-hydrogen) atoms. The van der Waals surface area contributed by atoms with Crippen LogP contribution in [0.5, 0.6) is 0 Å². The van der Waals surface area contributed by atoms with Gasteiger partial charge in [-0.15, -0.1) is 0 Å². The number of hydrogen-bond acceptors (Lipinski definition) is 3. The lowest BCUT2D eigenvalue weighted by atomic mass is 10.1. The third kappa shape index (κ3) is 4.55. The van der Waals surface area contributed by atoms with E-state index in [1.165, 1.54) is 0 Å². The zero-order valence-electron chi connectivity index (χ0n) is 10.2. The first-order valence-corrected chi connectivity index (χ1v) is 5.76. The number of aromatic carboxylic acids is 1. The number of aliphatic carboxylic acids is 1. The standard InChI is InChI=1S/C13H17NO4/c1-9(12(15)16)5-6-14-8-10-3-2-4-11(7-10)13(17)18/h2-4,7,9,14H,5-6,8H2,1H3,(H,15,16)(H,17,18)/t9-/m1/s1. The topological polar surface area (TPSA) is 86.6 Å². The predicted molar refractivity (Wildman–Crippen MR) is 66.5 cm³/mol. The van der Waals surface area contributed by atoms with Gasteiger partial charge in [-0.1, -0.05) is 19.1 Å². The van der Waals surface area contributed by atoms with Crippen molar-refractivity contribution in [3.8, 4) is 0 Å². The van der Waals surface area contributed by atoms with E-state index in [9.17, 15) is 9.59 Å². The fraction of sp³-hybridized carbons (Fsp3) is 0.385. The fourth-order valence-electron chi connectivity index (χ4n) is 1.49. The highest BCUT2D eigenvalue weighted by Crippen LogP contribution is 2.05. The first kappa shape index (κ1) is 14.2. The smallest absolute Gasteiger partial charge is 0.335 e. The van der Waals surface area contributed by atoms with Crippen LogP contribution >= 0.6 is 0 Å².